The Hall–Kier alpha value is -3.03. The minimum Gasteiger partial charge on any atom is -0.476 e. The Labute approximate surface area is 202 Å². The van der Waals surface area contributed by atoms with Crippen molar-refractivity contribution in [3.8, 4) is 5.75 Å². The highest BCUT2D eigenvalue weighted by Crippen LogP contribution is 2.29. The molecule has 0 N–H and O–H groups in total. The smallest absolute Gasteiger partial charge is 0.349 e. The Morgan fingerprint density at radius 2 is 1.76 bits per heavy atom. The van der Waals surface area contributed by atoms with E-state index in [0.29, 0.717) is 30.3 Å². The number of hydrogen-bond acceptors (Lipinski definition) is 7. The van der Waals surface area contributed by atoms with Crippen LogP contribution < -0.4 is 4.74 Å². The molecule has 8 nitrogen and oxygen atoms in total. The second kappa shape index (κ2) is 10.5. The maximum atomic E-state index is 13.2. The minimum atomic E-state index is -1.06. The molecule has 34 heavy (non-hydrogen) atoms. The van der Waals surface area contributed by atoms with Gasteiger partial charge in [-0.3, -0.25) is 9.79 Å². The molecule has 1 unspecified atom stereocenters. The highest BCUT2D eigenvalue weighted by Gasteiger charge is 2.44. The molecule has 3 rings (SSSR count). The van der Waals surface area contributed by atoms with Crippen LogP contribution in [-0.2, 0) is 20.7 Å². The normalized spacial score (nSPS) is 19.9. The molecule has 8 heteroatoms. The van der Waals surface area contributed by atoms with Crippen molar-refractivity contribution >= 4 is 29.0 Å². The summed E-state index contributed by atoms with van der Waals surface area (Å²) in [7, 11) is 0. The van der Waals surface area contributed by atoms with E-state index in [9.17, 15) is 9.59 Å². The fraction of sp³-hybridized carbons (Fsp3) is 0.577. The number of carbonyl (C=O) groups is 2. The molecule has 0 fully saturated rings. The van der Waals surface area contributed by atoms with Gasteiger partial charge in [0.05, 0.1) is 12.3 Å². The zero-order valence-electron chi connectivity index (χ0n) is 21.2. The third kappa shape index (κ3) is 5.37. The van der Waals surface area contributed by atoms with Crippen molar-refractivity contribution in [3.05, 3.63) is 29.8 Å². The average molecular weight is 469 g/mol. The van der Waals surface area contributed by atoms with E-state index in [1.165, 1.54) is 0 Å². The van der Waals surface area contributed by atoms with Gasteiger partial charge < -0.3 is 14.4 Å². The molecule has 0 aromatic heterocycles. The first-order valence-electron chi connectivity index (χ1n) is 12.2. The lowest BCUT2D eigenvalue weighted by atomic mass is 9.97. The summed E-state index contributed by atoms with van der Waals surface area (Å²) in [6.45, 7) is 12.2. The number of amides is 1. The predicted octanol–water partition coefficient (Wildman–Crippen LogP) is 4.36. The van der Waals surface area contributed by atoms with Crippen molar-refractivity contribution in [1.29, 1.82) is 0 Å². The first kappa shape index (κ1) is 25.6. The number of rotatable bonds is 11. The van der Waals surface area contributed by atoms with Crippen LogP contribution in [0, 0.1) is 0 Å². The second-order valence-electron chi connectivity index (χ2n) is 9.31. The van der Waals surface area contributed by atoms with E-state index in [-0.39, 0.29) is 5.91 Å². The molecule has 0 saturated heterocycles. The Morgan fingerprint density at radius 1 is 1.06 bits per heavy atom. The van der Waals surface area contributed by atoms with Crippen molar-refractivity contribution in [3.63, 3.8) is 0 Å². The van der Waals surface area contributed by atoms with Crippen molar-refractivity contribution in [2.45, 2.75) is 84.9 Å². The first-order valence-corrected chi connectivity index (χ1v) is 12.2. The van der Waals surface area contributed by atoms with Gasteiger partial charge in [-0.25, -0.2) is 4.79 Å². The van der Waals surface area contributed by atoms with Crippen LogP contribution in [0.1, 0.15) is 72.8 Å². The van der Waals surface area contributed by atoms with Gasteiger partial charge >= 0.3 is 5.97 Å². The number of ether oxygens (including phenoxy) is 2. The highest BCUT2D eigenvalue weighted by atomic mass is 16.6. The Morgan fingerprint density at radius 3 is 2.38 bits per heavy atom. The van der Waals surface area contributed by atoms with E-state index < -0.39 is 17.2 Å². The van der Waals surface area contributed by atoms with Crippen molar-refractivity contribution in [2.24, 2.45) is 15.2 Å². The number of hydrogen-bond donors (Lipinski definition) is 0. The summed E-state index contributed by atoms with van der Waals surface area (Å²) in [5.74, 6) is 0.124. The standard InChI is InChI=1S/C26H36N4O4/c1-7-11-20-21-22(29-28-20)23(31)30(26(6,8-2)27-21)17-10-12-18-13-15-19(16-14-18)34-25(4,5)24(32)33-9-3/h13-16H,7-12,17H2,1-6H3. The monoisotopic (exact) mass is 468 g/mol. The summed E-state index contributed by atoms with van der Waals surface area (Å²) < 4.78 is 10.9. The van der Waals surface area contributed by atoms with Gasteiger partial charge in [0, 0.05) is 6.54 Å². The summed E-state index contributed by atoms with van der Waals surface area (Å²) in [6, 6.07) is 7.68. The fourth-order valence-electron chi connectivity index (χ4n) is 4.08. The van der Waals surface area contributed by atoms with Crippen LogP contribution in [0.3, 0.4) is 0 Å². The molecule has 1 aromatic rings. The third-order valence-electron chi connectivity index (χ3n) is 6.22. The lowest BCUT2D eigenvalue weighted by molar-refractivity contribution is -0.158. The number of fused-ring (bicyclic) bond motifs is 1. The van der Waals surface area contributed by atoms with Crippen molar-refractivity contribution < 1.29 is 19.1 Å². The minimum absolute atomic E-state index is 0.0888. The maximum Gasteiger partial charge on any atom is 0.349 e. The summed E-state index contributed by atoms with van der Waals surface area (Å²) >= 11 is 0. The first-order chi connectivity index (χ1) is 16.1. The van der Waals surface area contributed by atoms with Crippen LogP contribution in [0.25, 0.3) is 0 Å². The van der Waals surface area contributed by atoms with E-state index in [4.69, 9.17) is 14.5 Å². The van der Waals surface area contributed by atoms with Crippen LogP contribution in [0.5, 0.6) is 5.75 Å². The molecule has 1 amide bonds. The fourth-order valence-corrected chi connectivity index (χ4v) is 4.08. The van der Waals surface area contributed by atoms with Crippen molar-refractivity contribution in [2.75, 3.05) is 13.2 Å². The summed E-state index contributed by atoms with van der Waals surface area (Å²) in [4.78, 5) is 32.0. The predicted molar refractivity (Wildman–Crippen MR) is 134 cm³/mol. The lowest BCUT2D eigenvalue weighted by Crippen LogP contribution is -2.57. The number of aliphatic imine (C=N–C) groups is 1. The van der Waals surface area contributed by atoms with Gasteiger partial charge in [-0.1, -0.05) is 32.4 Å². The van der Waals surface area contributed by atoms with Crippen molar-refractivity contribution in [1.82, 2.24) is 4.90 Å². The van der Waals surface area contributed by atoms with Gasteiger partial charge in [0.2, 0.25) is 0 Å². The third-order valence-corrected chi connectivity index (χ3v) is 6.22. The SMILES string of the molecule is CCCC1=NN=C2C(=O)N(CCCc3ccc(OC(C)(C)C(=O)OCC)cc3)C(C)(CC)N=C12. The van der Waals surface area contributed by atoms with E-state index in [0.717, 1.165) is 43.4 Å². The number of esters is 1. The molecular weight excluding hydrogens is 432 g/mol. The average Bonchev–Trinajstić information content (AvgIpc) is 3.19. The molecular formula is C26H36N4O4. The maximum absolute atomic E-state index is 13.2. The van der Waals surface area contributed by atoms with Gasteiger partial charge in [-0.2, -0.15) is 5.10 Å². The quantitative estimate of drug-likeness (QED) is 0.451. The topological polar surface area (TPSA) is 92.9 Å². The van der Waals surface area contributed by atoms with Gasteiger partial charge in [0.1, 0.15) is 17.1 Å². The van der Waals surface area contributed by atoms with E-state index in [1.807, 2.05) is 36.1 Å². The summed E-state index contributed by atoms with van der Waals surface area (Å²) in [6.07, 6.45) is 4.01. The van der Waals surface area contributed by atoms with Gasteiger partial charge in [-0.05, 0) is 71.1 Å². The molecule has 1 atom stereocenters. The van der Waals surface area contributed by atoms with Gasteiger partial charge in [0.25, 0.3) is 5.91 Å². The molecule has 2 aliphatic rings. The van der Waals surface area contributed by atoms with Crippen LogP contribution in [0.15, 0.2) is 39.5 Å². The number of carbonyl (C=O) groups excluding carboxylic acids is 2. The van der Waals surface area contributed by atoms with E-state index >= 15 is 0 Å². The molecule has 184 valence electrons. The zero-order chi connectivity index (χ0) is 24.9. The van der Waals surface area contributed by atoms with Gasteiger partial charge in [-0.15, -0.1) is 5.10 Å². The van der Waals surface area contributed by atoms with E-state index in [1.54, 1.807) is 20.8 Å². The summed E-state index contributed by atoms with van der Waals surface area (Å²) in [5.41, 5.74) is 1.34. The molecule has 2 heterocycles. The number of aryl methyl sites for hydroxylation is 1. The van der Waals surface area contributed by atoms with Gasteiger partial charge in [0.15, 0.2) is 11.3 Å². The Kier molecular flexibility index (Phi) is 7.89. The summed E-state index contributed by atoms with van der Waals surface area (Å²) in [5, 5.41) is 8.38. The number of benzene rings is 1. The molecule has 1 aromatic carbocycles. The highest BCUT2D eigenvalue weighted by molar-refractivity contribution is 6.83. The lowest BCUT2D eigenvalue weighted by Gasteiger charge is -2.41. The zero-order valence-corrected chi connectivity index (χ0v) is 21.2. The second-order valence-corrected chi connectivity index (χ2v) is 9.31. The van der Waals surface area contributed by atoms with Crippen LogP contribution in [-0.4, -0.2) is 58.3 Å². The molecule has 0 bridgehead atoms. The van der Waals surface area contributed by atoms with E-state index in [2.05, 4.69) is 24.1 Å². The molecule has 0 aliphatic carbocycles. The number of nitrogens with zero attached hydrogens (tertiary/aromatic N) is 4. The molecule has 0 radical (unpaired) electrons. The molecule has 2 aliphatic heterocycles. The van der Waals surface area contributed by atoms with Crippen LogP contribution in [0.4, 0.5) is 0 Å². The van der Waals surface area contributed by atoms with Crippen LogP contribution >= 0.6 is 0 Å². The Bertz CT molecular complexity index is 1010. The molecule has 0 spiro atoms. The largest absolute Gasteiger partial charge is 0.476 e. The molecule has 0 saturated carbocycles. The van der Waals surface area contributed by atoms with Crippen LogP contribution in [0.2, 0.25) is 0 Å². The Balaban J connectivity index is 1.61.